The molecule has 1 aliphatic carbocycles. The molecule has 1 saturated carbocycles. The number of rotatable bonds is 4. The second-order valence-electron chi connectivity index (χ2n) is 9.09. The van der Waals surface area contributed by atoms with E-state index >= 15 is 0 Å². The first-order valence-corrected chi connectivity index (χ1v) is 9.93. The zero-order chi connectivity index (χ0) is 19.4. The molecule has 4 aliphatic rings. The van der Waals surface area contributed by atoms with E-state index in [9.17, 15) is 19.2 Å². The predicted octanol–water partition coefficient (Wildman–Crippen LogP) is 0.568. The summed E-state index contributed by atoms with van der Waals surface area (Å²) in [5.74, 6) is 0.192. The van der Waals surface area contributed by atoms with Gasteiger partial charge < -0.3 is 15.1 Å². The average molecular weight is 376 g/mol. The Bertz CT molecular complexity index is 702. The van der Waals surface area contributed by atoms with E-state index < -0.39 is 17.0 Å². The molecule has 1 atom stereocenters. The van der Waals surface area contributed by atoms with Gasteiger partial charge in [0.15, 0.2) is 0 Å². The van der Waals surface area contributed by atoms with E-state index in [4.69, 9.17) is 0 Å². The van der Waals surface area contributed by atoms with Crippen molar-refractivity contribution in [3.8, 4) is 0 Å². The molecule has 27 heavy (non-hydrogen) atoms. The minimum Gasteiger partial charge on any atom is -0.342 e. The maximum Gasteiger partial charge on any atom is 0.325 e. The van der Waals surface area contributed by atoms with E-state index in [1.807, 2.05) is 4.90 Å². The molecular weight excluding hydrogens is 348 g/mol. The number of likely N-dealkylation sites (tertiary alicyclic amines) is 2. The molecule has 1 N–H and O–H groups in total. The summed E-state index contributed by atoms with van der Waals surface area (Å²) in [5, 5.41) is 2.59. The highest BCUT2D eigenvalue weighted by Gasteiger charge is 2.51. The van der Waals surface area contributed by atoms with Gasteiger partial charge in [-0.3, -0.25) is 19.3 Å². The van der Waals surface area contributed by atoms with Crippen LogP contribution in [0.15, 0.2) is 0 Å². The molecule has 0 aromatic carbocycles. The van der Waals surface area contributed by atoms with E-state index in [1.165, 1.54) is 12.8 Å². The van der Waals surface area contributed by atoms with Gasteiger partial charge in [0.1, 0.15) is 12.1 Å². The summed E-state index contributed by atoms with van der Waals surface area (Å²) >= 11 is 0. The monoisotopic (exact) mass is 376 g/mol. The largest absolute Gasteiger partial charge is 0.342 e. The maximum absolute atomic E-state index is 13.1. The lowest BCUT2D eigenvalue weighted by atomic mass is 9.78. The number of nitrogens with one attached hydrogen (secondary N) is 1. The molecule has 0 aromatic heterocycles. The summed E-state index contributed by atoms with van der Waals surface area (Å²) in [6, 6.07) is -0.531. The van der Waals surface area contributed by atoms with Crippen LogP contribution in [0.3, 0.4) is 0 Å². The van der Waals surface area contributed by atoms with Crippen molar-refractivity contribution in [1.82, 2.24) is 20.0 Å². The number of imide groups is 1. The van der Waals surface area contributed by atoms with Gasteiger partial charge in [-0.1, -0.05) is 0 Å². The van der Waals surface area contributed by atoms with Crippen molar-refractivity contribution in [3.63, 3.8) is 0 Å². The molecule has 1 spiro atoms. The molecule has 3 heterocycles. The second-order valence-corrected chi connectivity index (χ2v) is 9.09. The fourth-order valence-corrected chi connectivity index (χ4v) is 4.60. The Morgan fingerprint density at radius 2 is 1.85 bits per heavy atom. The summed E-state index contributed by atoms with van der Waals surface area (Å²) < 4.78 is 0. The minimum absolute atomic E-state index is 0.187. The van der Waals surface area contributed by atoms with Crippen LogP contribution in [0.1, 0.15) is 46.0 Å². The number of amides is 5. The third kappa shape index (κ3) is 3.19. The molecule has 0 bridgehead atoms. The van der Waals surface area contributed by atoms with Gasteiger partial charge in [0.25, 0.3) is 5.91 Å². The van der Waals surface area contributed by atoms with Crippen LogP contribution < -0.4 is 5.32 Å². The van der Waals surface area contributed by atoms with Gasteiger partial charge in [0.05, 0.1) is 5.41 Å². The van der Waals surface area contributed by atoms with Crippen LogP contribution in [0, 0.1) is 11.3 Å². The maximum atomic E-state index is 13.1. The summed E-state index contributed by atoms with van der Waals surface area (Å²) in [5.41, 5.74) is -1.45. The zero-order valence-electron chi connectivity index (χ0n) is 16.1. The van der Waals surface area contributed by atoms with Gasteiger partial charge in [0, 0.05) is 26.2 Å². The molecule has 3 aliphatic heterocycles. The van der Waals surface area contributed by atoms with Gasteiger partial charge >= 0.3 is 6.03 Å². The van der Waals surface area contributed by atoms with Crippen LogP contribution in [-0.4, -0.2) is 76.7 Å². The standard InChI is InChI=1S/C19H28N4O4/c1-18(2)15(25)23(17(27)20-18)11-14(24)22-9-7-19(12-22)6-3-8-21(16(19)26)10-13-4-5-13/h13H,3-12H2,1-2H3,(H,20,27)/t19-/m0/s1. The number of nitrogens with zero attached hydrogens (tertiary/aromatic N) is 3. The number of carbonyl (C=O) groups excluding carboxylic acids is 4. The Hall–Kier alpha value is -2.12. The van der Waals surface area contributed by atoms with Crippen LogP contribution in [0.4, 0.5) is 4.79 Å². The van der Waals surface area contributed by atoms with E-state index in [-0.39, 0.29) is 24.3 Å². The predicted molar refractivity (Wildman–Crippen MR) is 96.5 cm³/mol. The number of hydrogen-bond donors (Lipinski definition) is 1. The first kappa shape index (κ1) is 18.3. The molecule has 3 saturated heterocycles. The van der Waals surface area contributed by atoms with Gasteiger partial charge in [-0.25, -0.2) is 4.79 Å². The molecule has 4 rings (SSSR count). The van der Waals surface area contributed by atoms with E-state index in [0.717, 1.165) is 30.8 Å². The average Bonchev–Trinajstić information content (AvgIpc) is 3.28. The van der Waals surface area contributed by atoms with Gasteiger partial charge in [-0.05, 0) is 51.9 Å². The van der Waals surface area contributed by atoms with Crippen LogP contribution >= 0.6 is 0 Å². The third-order valence-electron chi connectivity index (χ3n) is 6.44. The number of carbonyl (C=O) groups is 4. The fraction of sp³-hybridized carbons (Fsp3) is 0.789. The lowest BCUT2D eigenvalue weighted by Gasteiger charge is -2.39. The molecule has 4 fully saturated rings. The SMILES string of the molecule is CC1(C)NC(=O)N(CC(=O)N2CC[C@@]3(CCCN(CC4CC4)C3=O)C2)C1=O. The van der Waals surface area contributed by atoms with Crippen molar-refractivity contribution in [2.75, 3.05) is 32.7 Å². The molecule has 8 nitrogen and oxygen atoms in total. The Kier molecular flexibility index (Phi) is 4.20. The summed E-state index contributed by atoms with van der Waals surface area (Å²) in [7, 11) is 0. The fourth-order valence-electron chi connectivity index (χ4n) is 4.60. The van der Waals surface area contributed by atoms with Crippen molar-refractivity contribution in [2.45, 2.75) is 51.5 Å². The molecule has 0 aromatic rings. The zero-order valence-corrected chi connectivity index (χ0v) is 16.1. The summed E-state index contributed by atoms with van der Waals surface area (Å²) in [6.45, 7) is 5.57. The van der Waals surface area contributed by atoms with Crippen molar-refractivity contribution in [1.29, 1.82) is 0 Å². The number of urea groups is 1. The molecular formula is C19H28N4O4. The Balaban J connectivity index is 1.40. The number of hydrogen-bond acceptors (Lipinski definition) is 4. The highest BCUT2D eigenvalue weighted by atomic mass is 16.2. The molecule has 5 amide bonds. The van der Waals surface area contributed by atoms with Crippen LogP contribution in [0.2, 0.25) is 0 Å². The van der Waals surface area contributed by atoms with Crippen molar-refractivity contribution >= 4 is 23.8 Å². The Morgan fingerprint density at radius 3 is 2.48 bits per heavy atom. The summed E-state index contributed by atoms with van der Waals surface area (Å²) in [6.07, 6.45) is 4.88. The Labute approximate surface area is 159 Å². The number of piperidine rings is 1. The molecule has 148 valence electrons. The lowest BCUT2D eigenvalue weighted by molar-refractivity contribution is -0.146. The van der Waals surface area contributed by atoms with E-state index in [1.54, 1.807) is 18.7 Å². The Morgan fingerprint density at radius 1 is 1.11 bits per heavy atom. The van der Waals surface area contributed by atoms with E-state index in [2.05, 4.69) is 5.32 Å². The minimum atomic E-state index is -0.980. The van der Waals surface area contributed by atoms with Gasteiger partial charge in [-0.15, -0.1) is 0 Å². The van der Waals surface area contributed by atoms with E-state index in [0.29, 0.717) is 25.4 Å². The molecule has 8 heteroatoms. The highest BCUT2D eigenvalue weighted by Crippen LogP contribution is 2.41. The lowest BCUT2D eigenvalue weighted by Crippen LogP contribution is -2.51. The van der Waals surface area contributed by atoms with Crippen molar-refractivity contribution < 1.29 is 19.2 Å². The second kappa shape index (κ2) is 6.21. The normalized spacial score (nSPS) is 30.4. The van der Waals surface area contributed by atoms with Crippen LogP contribution in [0.5, 0.6) is 0 Å². The smallest absolute Gasteiger partial charge is 0.325 e. The van der Waals surface area contributed by atoms with Gasteiger partial charge in [0.2, 0.25) is 11.8 Å². The molecule has 0 unspecified atom stereocenters. The first-order valence-electron chi connectivity index (χ1n) is 9.93. The highest BCUT2D eigenvalue weighted by molar-refractivity contribution is 6.08. The third-order valence-corrected chi connectivity index (χ3v) is 6.44. The van der Waals surface area contributed by atoms with Crippen LogP contribution in [0.25, 0.3) is 0 Å². The van der Waals surface area contributed by atoms with Crippen molar-refractivity contribution in [2.24, 2.45) is 11.3 Å². The first-order chi connectivity index (χ1) is 12.7. The van der Waals surface area contributed by atoms with Crippen molar-refractivity contribution in [3.05, 3.63) is 0 Å². The molecule has 0 radical (unpaired) electrons. The quantitative estimate of drug-likeness (QED) is 0.727. The summed E-state index contributed by atoms with van der Waals surface area (Å²) in [4.78, 5) is 54.8. The topological polar surface area (TPSA) is 90.0 Å². The van der Waals surface area contributed by atoms with Crippen LogP contribution in [-0.2, 0) is 14.4 Å². The van der Waals surface area contributed by atoms with Gasteiger partial charge in [-0.2, -0.15) is 0 Å².